The van der Waals surface area contributed by atoms with Gasteiger partial charge in [0.2, 0.25) is 0 Å². The van der Waals surface area contributed by atoms with E-state index in [0.717, 1.165) is 5.56 Å². The molecule has 25 heavy (non-hydrogen) atoms. The van der Waals surface area contributed by atoms with Crippen molar-refractivity contribution in [2.24, 2.45) is 0 Å². The van der Waals surface area contributed by atoms with Crippen LogP contribution in [0.25, 0.3) is 0 Å². The van der Waals surface area contributed by atoms with Crippen molar-refractivity contribution in [2.75, 3.05) is 5.32 Å². The van der Waals surface area contributed by atoms with Crippen LogP contribution in [0.15, 0.2) is 53.0 Å². The van der Waals surface area contributed by atoms with E-state index in [2.05, 4.69) is 21.2 Å². The van der Waals surface area contributed by atoms with E-state index in [9.17, 15) is 14.0 Å². The summed E-state index contributed by atoms with van der Waals surface area (Å²) >= 11 is 3.15. The minimum absolute atomic E-state index is 0.0263. The molecule has 0 saturated heterocycles. The molecular weight excluding hydrogens is 389 g/mol. The molecule has 0 aliphatic carbocycles. The summed E-state index contributed by atoms with van der Waals surface area (Å²) in [6.07, 6.45) is -1.06. The Hall–Kier alpha value is -2.21. The smallest absolute Gasteiger partial charge is 0.316 e. The predicted octanol–water partition coefficient (Wildman–Crippen LogP) is 4.44. The monoisotopic (exact) mass is 407 g/mol. The lowest BCUT2D eigenvalue weighted by atomic mass is 9.85. The number of halogens is 2. The van der Waals surface area contributed by atoms with Gasteiger partial charge in [0, 0.05) is 4.47 Å². The van der Waals surface area contributed by atoms with Crippen LogP contribution in [0.2, 0.25) is 0 Å². The van der Waals surface area contributed by atoms with E-state index in [1.807, 2.05) is 30.3 Å². The standard InChI is InChI=1S/C19H19BrFNO3/c1-12(17(23)22-16-10-9-14(20)11-15(16)21)25-18(24)19(2,3)13-7-5-4-6-8-13/h4-12H,1-3H3,(H,22,23)/t12-/m1/s1. The molecule has 0 radical (unpaired) electrons. The normalized spacial score (nSPS) is 12.4. The van der Waals surface area contributed by atoms with E-state index in [-0.39, 0.29) is 5.69 Å². The lowest BCUT2D eigenvalue weighted by Gasteiger charge is -2.25. The number of esters is 1. The molecule has 2 aromatic carbocycles. The van der Waals surface area contributed by atoms with Gasteiger partial charge in [-0.15, -0.1) is 0 Å². The highest BCUT2D eigenvalue weighted by Crippen LogP contribution is 2.25. The number of carbonyl (C=O) groups is 2. The molecule has 0 spiro atoms. The fourth-order valence-corrected chi connectivity index (χ4v) is 2.49. The van der Waals surface area contributed by atoms with Crippen LogP contribution in [0.1, 0.15) is 26.3 Å². The molecule has 0 unspecified atom stereocenters. The van der Waals surface area contributed by atoms with Crippen molar-refractivity contribution in [2.45, 2.75) is 32.3 Å². The van der Waals surface area contributed by atoms with Crippen molar-refractivity contribution in [3.8, 4) is 0 Å². The molecule has 0 fully saturated rings. The molecule has 0 saturated carbocycles. The third kappa shape index (κ3) is 4.66. The summed E-state index contributed by atoms with van der Waals surface area (Å²) in [5.74, 6) is -1.71. The molecule has 6 heteroatoms. The molecule has 2 aromatic rings. The van der Waals surface area contributed by atoms with Crippen LogP contribution in [0.4, 0.5) is 10.1 Å². The largest absolute Gasteiger partial charge is 0.452 e. The van der Waals surface area contributed by atoms with Gasteiger partial charge in [-0.25, -0.2) is 4.39 Å². The third-order valence-electron chi connectivity index (χ3n) is 3.85. The Morgan fingerprint density at radius 3 is 2.40 bits per heavy atom. The first-order chi connectivity index (χ1) is 11.7. The topological polar surface area (TPSA) is 55.4 Å². The highest BCUT2D eigenvalue weighted by atomic mass is 79.9. The van der Waals surface area contributed by atoms with Gasteiger partial charge in [-0.3, -0.25) is 9.59 Å². The maximum atomic E-state index is 13.8. The second kappa shape index (κ2) is 7.78. The van der Waals surface area contributed by atoms with Crippen molar-refractivity contribution < 1.29 is 18.7 Å². The van der Waals surface area contributed by atoms with Crippen molar-refractivity contribution in [1.82, 2.24) is 0 Å². The number of benzene rings is 2. The first-order valence-electron chi connectivity index (χ1n) is 7.74. The molecule has 1 atom stereocenters. The van der Waals surface area contributed by atoms with Gasteiger partial charge >= 0.3 is 5.97 Å². The minimum Gasteiger partial charge on any atom is -0.452 e. The molecule has 0 aromatic heterocycles. The van der Waals surface area contributed by atoms with Crippen molar-refractivity contribution in [3.05, 3.63) is 64.4 Å². The van der Waals surface area contributed by atoms with E-state index in [4.69, 9.17) is 4.74 Å². The Bertz CT molecular complexity index is 777. The van der Waals surface area contributed by atoms with Gasteiger partial charge in [0.25, 0.3) is 5.91 Å². The zero-order chi connectivity index (χ0) is 18.6. The number of hydrogen-bond acceptors (Lipinski definition) is 3. The van der Waals surface area contributed by atoms with Gasteiger partial charge in [-0.2, -0.15) is 0 Å². The maximum Gasteiger partial charge on any atom is 0.316 e. The maximum absolute atomic E-state index is 13.8. The number of carbonyl (C=O) groups excluding carboxylic acids is 2. The second-order valence-electron chi connectivity index (χ2n) is 6.15. The Balaban J connectivity index is 2.04. The Kier molecular flexibility index (Phi) is 5.95. The van der Waals surface area contributed by atoms with Crippen molar-refractivity contribution >= 4 is 33.5 Å². The first-order valence-corrected chi connectivity index (χ1v) is 8.53. The number of hydrogen-bond donors (Lipinski definition) is 1. The lowest BCUT2D eigenvalue weighted by molar-refractivity contribution is -0.158. The van der Waals surface area contributed by atoms with E-state index in [0.29, 0.717) is 4.47 Å². The summed E-state index contributed by atoms with van der Waals surface area (Å²) in [7, 11) is 0. The van der Waals surface area contributed by atoms with Gasteiger partial charge in [0.15, 0.2) is 6.10 Å². The van der Waals surface area contributed by atoms with Gasteiger partial charge < -0.3 is 10.1 Å². The number of ether oxygens (including phenoxy) is 1. The Morgan fingerprint density at radius 1 is 1.16 bits per heavy atom. The highest BCUT2D eigenvalue weighted by molar-refractivity contribution is 9.10. The molecule has 0 aliphatic rings. The molecule has 0 aliphatic heterocycles. The van der Waals surface area contributed by atoms with Crippen LogP contribution in [0.3, 0.4) is 0 Å². The van der Waals surface area contributed by atoms with E-state index >= 15 is 0 Å². The third-order valence-corrected chi connectivity index (χ3v) is 4.34. The number of rotatable bonds is 5. The van der Waals surface area contributed by atoms with Crippen LogP contribution in [0, 0.1) is 5.82 Å². The number of nitrogens with one attached hydrogen (secondary N) is 1. The molecule has 2 rings (SSSR count). The SMILES string of the molecule is C[C@@H](OC(=O)C(C)(C)c1ccccc1)C(=O)Nc1ccc(Br)cc1F. The molecule has 0 bridgehead atoms. The van der Waals surface area contributed by atoms with Gasteiger partial charge in [-0.05, 0) is 44.5 Å². The zero-order valence-electron chi connectivity index (χ0n) is 14.2. The molecule has 4 nitrogen and oxygen atoms in total. The summed E-state index contributed by atoms with van der Waals surface area (Å²) < 4.78 is 19.6. The summed E-state index contributed by atoms with van der Waals surface area (Å²) in [5.41, 5.74) is -0.0939. The summed E-state index contributed by atoms with van der Waals surface area (Å²) in [5, 5.41) is 2.42. The quantitative estimate of drug-likeness (QED) is 0.745. The average Bonchev–Trinajstić information content (AvgIpc) is 2.57. The van der Waals surface area contributed by atoms with Crippen molar-refractivity contribution in [3.63, 3.8) is 0 Å². The van der Waals surface area contributed by atoms with Gasteiger partial charge in [0.1, 0.15) is 5.82 Å². The van der Waals surface area contributed by atoms with E-state index in [1.54, 1.807) is 19.9 Å². The summed E-state index contributed by atoms with van der Waals surface area (Å²) in [6.45, 7) is 4.90. The lowest BCUT2D eigenvalue weighted by Crippen LogP contribution is -2.37. The first kappa shape index (κ1) is 19.1. The van der Waals surface area contributed by atoms with E-state index < -0.39 is 29.2 Å². The molecule has 1 amide bonds. The van der Waals surface area contributed by atoms with Crippen LogP contribution < -0.4 is 5.32 Å². The number of anilines is 1. The number of amides is 1. The molecular formula is C19H19BrFNO3. The Morgan fingerprint density at radius 2 is 1.80 bits per heavy atom. The van der Waals surface area contributed by atoms with Crippen LogP contribution >= 0.6 is 15.9 Å². The molecule has 0 heterocycles. The molecule has 132 valence electrons. The predicted molar refractivity (Wildman–Crippen MR) is 97.8 cm³/mol. The Labute approximate surface area is 154 Å². The fraction of sp³-hybridized carbons (Fsp3) is 0.263. The zero-order valence-corrected chi connectivity index (χ0v) is 15.8. The minimum atomic E-state index is -1.06. The van der Waals surface area contributed by atoms with Crippen LogP contribution in [0.5, 0.6) is 0 Å². The molecule has 1 N–H and O–H groups in total. The van der Waals surface area contributed by atoms with Gasteiger partial charge in [-0.1, -0.05) is 46.3 Å². The van der Waals surface area contributed by atoms with Crippen LogP contribution in [-0.4, -0.2) is 18.0 Å². The fourth-order valence-electron chi connectivity index (χ4n) is 2.16. The highest BCUT2D eigenvalue weighted by Gasteiger charge is 2.33. The van der Waals surface area contributed by atoms with E-state index in [1.165, 1.54) is 19.1 Å². The second-order valence-corrected chi connectivity index (χ2v) is 7.07. The summed E-state index contributed by atoms with van der Waals surface area (Å²) in [4.78, 5) is 24.6. The average molecular weight is 408 g/mol. The summed E-state index contributed by atoms with van der Waals surface area (Å²) in [6, 6.07) is 13.4. The van der Waals surface area contributed by atoms with Gasteiger partial charge in [0.05, 0.1) is 11.1 Å². The van der Waals surface area contributed by atoms with Crippen molar-refractivity contribution in [1.29, 1.82) is 0 Å². The van der Waals surface area contributed by atoms with Crippen LogP contribution in [-0.2, 0) is 19.7 Å².